The molecule has 0 saturated carbocycles. The zero-order valence-corrected chi connectivity index (χ0v) is 12.1. The summed E-state index contributed by atoms with van der Waals surface area (Å²) in [4.78, 5) is 11.9. The van der Waals surface area contributed by atoms with Crippen LogP contribution in [-0.2, 0) is 0 Å². The third-order valence-electron chi connectivity index (χ3n) is 2.91. The maximum atomic E-state index is 11.9. The number of carbonyl (C=O) groups excluding carboxylic acids is 1. The standard InChI is InChI=1S/C14H19N5O/c1-9(2)19-8-13(17-18-19)16-14(20)15-12-6-5-10(3)7-11(12)4/h5-9H,1-4H3,(H2,15,16,20). The molecular weight excluding hydrogens is 254 g/mol. The fraction of sp³-hybridized carbons (Fsp3) is 0.357. The maximum Gasteiger partial charge on any atom is 0.324 e. The Kier molecular flexibility index (Phi) is 4.02. The molecule has 1 aromatic heterocycles. The second-order valence-corrected chi connectivity index (χ2v) is 5.08. The first kappa shape index (κ1) is 14.0. The molecule has 0 atom stereocenters. The number of aromatic nitrogens is 3. The van der Waals surface area contributed by atoms with Gasteiger partial charge in [-0.3, -0.25) is 5.32 Å². The number of carbonyl (C=O) groups is 1. The summed E-state index contributed by atoms with van der Waals surface area (Å²) in [6.45, 7) is 7.96. The summed E-state index contributed by atoms with van der Waals surface area (Å²) in [6, 6.07) is 5.74. The lowest BCUT2D eigenvalue weighted by Gasteiger charge is -2.09. The van der Waals surface area contributed by atoms with Crippen molar-refractivity contribution in [2.24, 2.45) is 0 Å². The molecule has 0 fully saturated rings. The lowest BCUT2D eigenvalue weighted by Crippen LogP contribution is -2.20. The highest BCUT2D eigenvalue weighted by molar-refractivity contribution is 5.99. The van der Waals surface area contributed by atoms with Gasteiger partial charge in [0.2, 0.25) is 0 Å². The maximum absolute atomic E-state index is 11.9. The second kappa shape index (κ2) is 5.73. The van der Waals surface area contributed by atoms with Gasteiger partial charge in [-0.15, -0.1) is 5.10 Å². The van der Waals surface area contributed by atoms with Gasteiger partial charge in [-0.05, 0) is 39.3 Å². The van der Waals surface area contributed by atoms with Crippen LogP contribution in [0.4, 0.5) is 16.3 Å². The number of anilines is 2. The van der Waals surface area contributed by atoms with E-state index in [2.05, 4.69) is 20.9 Å². The first-order valence-electron chi connectivity index (χ1n) is 6.53. The lowest BCUT2D eigenvalue weighted by atomic mass is 10.1. The van der Waals surface area contributed by atoms with Gasteiger partial charge in [0.25, 0.3) is 0 Å². The Labute approximate surface area is 118 Å². The Hall–Kier alpha value is -2.37. The highest BCUT2D eigenvalue weighted by Crippen LogP contribution is 2.16. The predicted octanol–water partition coefficient (Wildman–Crippen LogP) is 3.12. The molecule has 6 nitrogen and oxygen atoms in total. The average Bonchev–Trinajstić information content (AvgIpc) is 2.81. The number of aryl methyl sites for hydroxylation is 2. The molecule has 0 aliphatic heterocycles. The minimum Gasteiger partial charge on any atom is -0.307 e. The fourth-order valence-corrected chi connectivity index (χ4v) is 1.81. The molecule has 1 aromatic carbocycles. The molecule has 1 heterocycles. The molecule has 20 heavy (non-hydrogen) atoms. The SMILES string of the molecule is Cc1ccc(NC(=O)Nc2cn(C(C)C)nn2)c(C)c1. The van der Waals surface area contributed by atoms with E-state index in [9.17, 15) is 4.79 Å². The van der Waals surface area contributed by atoms with Crippen LogP contribution < -0.4 is 10.6 Å². The van der Waals surface area contributed by atoms with E-state index in [1.807, 2.05) is 45.9 Å². The van der Waals surface area contributed by atoms with Gasteiger partial charge in [0.05, 0.1) is 6.20 Å². The van der Waals surface area contributed by atoms with Crippen molar-refractivity contribution < 1.29 is 4.79 Å². The Balaban J connectivity index is 2.01. The van der Waals surface area contributed by atoms with Crippen molar-refractivity contribution in [3.63, 3.8) is 0 Å². The van der Waals surface area contributed by atoms with Crippen molar-refractivity contribution in [2.75, 3.05) is 10.6 Å². The van der Waals surface area contributed by atoms with Gasteiger partial charge in [-0.25, -0.2) is 9.48 Å². The van der Waals surface area contributed by atoms with E-state index in [4.69, 9.17) is 0 Å². The summed E-state index contributed by atoms with van der Waals surface area (Å²) in [6.07, 6.45) is 1.70. The normalized spacial score (nSPS) is 10.7. The first-order chi connectivity index (χ1) is 9.45. The van der Waals surface area contributed by atoms with Crippen LogP contribution >= 0.6 is 0 Å². The molecule has 0 saturated heterocycles. The third kappa shape index (κ3) is 3.34. The summed E-state index contributed by atoms with van der Waals surface area (Å²) >= 11 is 0. The quantitative estimate of drug-likeness (QED) is 0.902. The second-order valence-electron chi connectivity index (χ2n) is 5.08. The molecule has 0 unspecified atom stereocenters. The minimum absolute atomic E-state index is 0.209. The van der Waals surface area contributed by atoms with Crippen LogP contribution in [0.15, 0.2) is 24.4 Å². The van der Waals surface area contributed by atoms with Gasteiger partial charge in [0.1, 0.15) is 0 Å². The van der Waals surface area contributed by atoms with Crippen molar-refractivity contribution in [1.29, 1.82) is 0 Å². The van der Waals surface area contributed by atoms with Crippen LogP contribution in [0.25, 0.3) is 0 Å². The van der Waals surface area contributed by atoms with Gasteiger partial charge in [0.15, 0.2) is 5.82 Å². The summed E-state index contributed by atoms with van der Waals surface area (Å²) in [5.74, 6) is 0.431. The van der Waals surface area contributed by atoms with Gasteiger partial charge < -0.3 is 5.32 Å². The summed E-state index contributed by atoms with van der Waals surface area (Å²) in [5, 5.41) is 13.3. The molecule has 2 rings (SSSR count). The average molecular weight is 273 g/mol. The monoisotopic (exact) mass is 273 g/mol. The van der Waals surface area contributed by atoms with Crippen LogP contribution in [0.3, 0.4) is 0 Å². The first-order valence-corrected chi connectivity index (χ1v) is 6.53. The zero-order valence-electron chi connectivity index (χ0n) is 12.1. The van der Waals surface area contributed by atoms with Crippen LogP contribution in [-0.4, -0.2) is 21.0 Å². The molecule has 2 aromatic rings. The third-order valence-corrected chi connectivity index (χ3v) is 2.91. The van der Waals surface area contributed by atoms with E-state index in [-0.39, 0.29) is 12.1 Å². The van der Waals surface area contributed by atoms with Gasteiger partial charge in [0, 0.05) is 11.7 Å². The molecule has 0 bridgehead atoms. The van der Waals surface area contributed by atoms with E-state index in [0.29, 0.717) is 5.82 Å². The van der Waals surface area contributed by atoms with E-state index < -0.39 is 0 Å². The molecule has 0 spiro atoms. The van der Waals surface area contributed by atoms with Crippen molar-refractivity contribution in [2.45, 2.75) is 33.7 Å². The number of nitrogens with one attached hydrogen (secondary N) is 2. The molecular formula is C14H19N5O. The van der Waals surface area contributed by atoms with E-state index in [1.165, 1.54) is 0 Å². The number of urea groups is 1. The molecule has 0 aliphatic carbocycles. The Morgan fingerprint density at radius 1 is 1.25 bits per heavy atom. The Bertz CT molecular complexity index is 618. The van der Waals surface area contributed by atoms with Crippen LogP contribution in [0.2, 0.25) is 0 Å². The number of hydrogen-bond acceptors (Lipinski definition) is 3. The minimum atomic E-state index is -0.326. The lowest BCUT2D eigenvalue weighted by molar-refractivity contribution is 0.262. The smallest absolute Gasteiger partial charge is 0.307 e. The summed E-state index contributed by atoms with van der Waals surface area (Å²) in [5.41, 5.74) is 2.96. The molecule has 106 valence electrons. The number of nitrogens with zero attached hydrogens (tertiary/aromatic N) is 3. The Morgan fingerprint density at radius 3 is 2.60 bits per heavy atom. The fourth-order valence-electron chi connectivity index (χ4n) is 1.81. The van der Waals surface area contributed by atoms with Gasteiger partial charge in [-0.1, -0.05) is 22.9 Å². The summed E-state index contributed by atoms with van der Waals surface area (Å²) in [7, 11) is 0. The van der Waals surface area contributed by atoms with Gasteiger partial charge >= 0.3 is 6.03 Å². The number of hydrogen-bond donors (Lipinski definition) is 2. The van der Waals surface area contributed by atoms with Gasteiger partial charge in [-0.2, -0.15) is 0 Å². The van der Waals surface area contributed by atoms with Crippen molar-refractivity contribution >= 4 is 17.5 Å². The number of amides is 2. The van der Waals surface area contributed by atoms with E-state index in [1.54, 1.807) is 10.9 Å². The largest absolute Gasteiger partial charge is 0.324 e. The van der Waals surface area contributed by atoms with Crippen LogP contribution in [0, 0.1) is 13.8 Å². The molecule has 6 heteroatoms. The molecule has 0 aliphatic rings. The van der Waals surface area contributed by atoms with Crippen LogP contribution in [0.5, 0.6) is 0 Å². The Morgan fingerprint density at radius 2 is 2.00 bits per heavy atom. The zero-order chi connectivity index (χ0) is 14.7. The summed E-state index contributed by atoms with van der Waals surface area (Å²) < 4.78 is 1.69. The van der Waals surface area contributed by atoms with E-state index in [0.717, 1.165) is 16.8 Å². The molecule has 0 radical (unpaired) electrons. The van der Waals surface area contributed by atoms with Crippen molar-refractivity contribution in [3.8, 4) is 0 Å². The topological polar surface area (TPSA) is 71.8 Å². The van der Waals surface area contributed by atoms with E-state index >= 15 is 0 Å². The van der Waals surface area contributed by atoms with Crippen LogP contribution in [0.1, 0.15) is 31.0 Å². The number of benzene rings is 1. The van der Waals surface area contributed by atoms with Crippen molar-refractivity contribution in [1.82, 2.24) is 15.0 Å². The highest BCUT2D eigenvalue weighted by Gasteiger charge is 2.08. The molecule has 2 amide bonds. The molecule has 2 N–H and O–H groups in total. The predicted molar refractivity (Wildman–Crippen MR) is 79.0 cm³/mol. The number of rotatable bonds is 3. The highest BCUT2D eigenvalue weighted by atomic mass is 16.2. The van der Waals surface area contributed by atoms with Crippen molar-refractivity contribution in [3.05, 3.63) is 35.5 Å².